The number of hydrogen-bond acceptors (Lipinski definition) is 3. The van der Waals surface area contributed by atoms with Gasteiger partial charge in [-0.2, -0.15) is 0 Å². The van der Waals surface area contributed by atoms with Gasteiger partial charge < -0.3 is 4.57 Å². The zero-order chi connectivity index (χ0) is 16.8. The van der Waals surface area contributed by atoms with Crippen molar-refractivity contribution in [1.29, 1.82) is 0 Å². The number of unbranched alkanes of at least 4 members (excludes halogenated alkanes) is 6. The first-order chi connectivity index (χ1) is 11.1. The van der Waals surface area contributed by atoms with Crippen molar-refractivity contribution >= 4 is 11.2 Å². The molecule has 0 aliphatic carbocycles. The Morgan fingerprint density at radius 1 is 1.09 bits per heavy atom. The molecule has 2 rings (SSSR count). The molecule has 23 heavy (non-hydrogen) atoms. The van der Waals surface area contributed by atoms with Gasteiger partial charge in [0.25, 0.3) is 5.56 Å². The number of fused-ring (bicyclic) bond motifs is 1. The minimum absolute atomic E-state index is 0.242. The average molecular weight is 318 g/mol. The summed E-state index contributed by atoms with van der Waals surface area (Å²) in [6, 6.07) is 0. The maximum Gasteiger partial charge on any atom is 0.332 e. The molecule has 0 radical (unpaired) electrons. The summed E-state index contributed by atoms with van der Waals surface area (Å²) in [5.74, 6) is 0. The van der Waals surface area contributed by atoms with Crippen LogP contribution in [0, 0.1) is 0 Å². The summed E-state index contributed by atoms with van der Waals surface area (Å²) in [5, 5.41) is 0. The van der Waals surface area contributed by atoms with E-state index in [4.69, 9.17) is 0 Å². The summed E-state index contributed by atoms with van der Waals surface area (Å²) in [7, 11) is 3.43. The summed E-state index contributed by atoms with van der Waals surface area (Å²) in [5.41, 5.74) is 0.402. The van der Waals surface area contributed by atoms with Crippen LogP contribution in [0.2, 0.25) is 0 Å². The van der Waals surface area contributed by atoms with Crippen molar-refractivity contribution < 1.29 is 0 Å². The van der Waals surface area contributed by atoms with Gasteiger partial charge in [-0.3, -0.25) is 13.9 Å². The molecule has 0 fully saturated rings. The highest BCUT2D eigenvalue weighted by Gasteiger charge is 2.14. The van der Waals surface area contributed by atoms with Crippen molar-refractivity contribution in [2.24, 2.45) is 14.1 Å². The molecule has 0 bridgehead atoms. The summed E-state index contributed by atoms with van der Waals surface area (Å²) in [6.07, 6.45) is 11.2. The van der Waals surface area contributed by atoms with Gasteiger partial charge in [0, 0.05) is 20.6 Å². The molecule has 2 heterocycles. The van der Waals surface area contributed by atoms with Crippen molar-refractivity contribution in [2.45, 2.75) is 51.5 Å². The molecule has 0 aromatic carbocycles. The molecule has 0 aliphatic rings. The van der Waals surface area contributed by atoms with Crippen molar-refractivity contribution in [3.8, 4) is 0 Å². The predicted molar refractivity (Wildman–Crippen MR) is 92.7 cm³/mol. The predicted octanol–water partition coefficient (Wildman–Crippen LogP) is 2.35. The maximum atomic E-state index is 12.5. The topological polar surface area (TPSA) is 61.8 Å². The van der Waals surface area contributed by atoms with E-state index in [1.807, 2.05) is 6.08 Å². The molecule has 0 spiro atoms. The van der Waals surface area contributed by atoms with Gasteiger partial charge in [0.2, 0.25) is 0 Å². The van der Waals surface area contributed by atoms with Crippen molar-refractivity contribution in [2.75, 3.05) is 0 Å². The smallest absolute Gasteiger partial charge is 0.328 e. The summed E-state index contributed by atoms with van der Waals surface area (Å²) in [6.45, 7) is 4.19. The van der Waals surface area contributed by atoms with Gasteiger partial charge in [-0.15, -0.1) is 6.58 Å². The molecule has 6 nitrogen and oxygen atoms in total. The van der Waals surface area contributed by atoms with Crippen LogP contribution in [0.1, 0.15) is 44.9 Å². The largest absolute Gasteiger partial charge is 0.332 e. The average Bonchev–Trinajstić information content (AvgIpc) is 2.92. The van der Waals surface area contributed by atoms with E-state index in [-0.39, 0.29) is 11.2 Å². The first-order valence-electron chi connectivity index (χ1n) is 8.29. The van der Waals surface area contributed by atoms with E-state index in [0.29, 0.717) is 17.7 Å². The Labute approximate surface area is 136 Å². The quantitative estimate of drug-likeness (QED) is 0.527. The zero-order valence-electron chi connectivity index (χ0n) is 14.1. The minimum Gasteiger partial charge on any atom is -0.328 e. The molecule has 6 heteroatoms. The molecule has 0 N–H and O–H groups in total. The molecule has 0 aliphatic heterocycles. The minimum atomic E-state index is -0.285. The summed E-state index contributed by atoms with van der Waals surface area (Å²) in [4.78, 5) is 29.0. The maximum absolute atomic E-state index is 12.5. The van der Waals surface area contributed by atoms with Crippen LogP contribution in [0.4, 0.5) is 0 Å². The molecular weight excluding hydrogens is 292 g/mol. The third-order valence-corrected chi connectivity index (χ3v) is 4.24. The Kier molecular flexibility index (Phi) is 5.96. The first-order valence-corrected chi connectivity index (χ1v) is 8.29. The fourth-order valence-electron chi connectivity index (χ4n) is 2.86. The number of imidazole rings is 1. The van der Waals surface area contributed by atoms with Crippen LogP contribution in [0.15, 0.2) is 28.6 Å². The standard InChI is InChI=1S/C17H26N4O2/c1-4-5-6-7-8-9-10-11-12-21-16(22)14-15(18-13-19(14)2)20(3)17(21)23/h4,13H,1,5-12H2,2-3H3. The molecule has 0 unspecified atom stereocenters. The Morgan fingerprint density at radius 2 is 1.74 bits per heavy atom. The zero-order valence-corrected chi connectivity index (χ0v) is 14.1. The number of hydrogen-bond donors (Lipinski definition) is 0. The lowest BCUT2D eigenvalue weighted by molar-refractivity contribution is 0.524. The van der Waals surface area contributed by atoms with E-state index in [9.17, 15) is 9.59 Å². The lowest BCUT2D eigenvalue weighted by atomic mass is 10.1. The molecular formula is C17H26N4O2. The molecule has 2 aromatic rings. The van der Waals surface area contributed by atoms with Crippen LogP contribution in [-0.4, -0.2) is 18.7 Å². The van der Waals surface area contributed by atoms with E-state index in [0.717, 1.165) is 25.7 Å². The van der Waals surface area contributed by atoms with E-state index >= 15 is 0 Å². The van der Waals surface area contributed by atoms with E-state index in [2.05, 4.69) is 11.6 Å². The molecule has 126 valence electrons. The number of rotatable bonds is 9. The SMILES string of the molecule is C=CCCCCCCCCn1c(=O)c2c(ncn2C)n(C)c1=O. The van der Waals surface area contributed by atoms with Gasteiger partial charge in [0.15, 0.2) is 11.2 Å². The second kappa shape index (κ2) is 7.94. The molecule has 0 saturated heterocycles. The van der Waals surface area contributed by atoms with E-state index in [1.165, 1.54) is 28.4 Å². The Bertz CT molecular complexity index is 782. The van der Waals surface area contributed by atoms with Gasteiger partial charge in [0.05, 0.1) is 6.33 Å². The van der Waals surface area contributed by atoms with Crippen LogP contribution >= 0.6 is 0 Å². The fraction of sp³-hybridized carbons (Fsp3) is 0.588. The van der Waals surface area contributed by atoms with Crippen LogP contribution in [0.3, 0.4) is 0 Å². The lowest BCUT2D eigenvalue weighted by Crippen LogP contribution is -2.39. The van der Waals surface area contributed by atoms with E-state index < -0.39 is 0 Å². The first kappa shape index (κ1) is 17.2. The Hall–Kier alpha value is -2.11. The number of aryl methyl sites for hydroxylation is 2. The third-order valence-electron chi connectivity index (χ3n) is 4.24. The second-order valence-electron chi connectivity index (χ2n) is 6.02. The van der Waals surface area contributed by atoms with Crippen molar-refractivity contribution in [3.05, 3.63) is 39.8 Å². The van der Waals surface area contributed by atoms with Gasteiger partial charge in [0.1, 0.15) is 0 Å². The number of aromatic nitrogens is 4. The van der Waals surface area contributed by atoms with E-state index in [1.54, 1.807) is 25.0 Å². The Morgan fingerprint density at radius 3 is 2.43 bits per heavy atom. The number of nitrogens with zero attached hydrogens (tertiary/aromatic N) is 4. The molecule has 0 saturated carbocycles. The highest BCUT2D eigenvalue weighted by atomic mass is 16.2. The van der Waals surface area contributed by atoms with Crippen LogP contribution in [-0.2, 0) is 20.6 Å². The monoisotopic (exact) mass is 318 g/mol. The lowest BCUT2D eigenvalue weighted by Gasteiger charge is -2.08. The van der Waals surface area contributed by atoms with Gasteiger partial charge in [-0.25, -0.2) is 9.78 Å². The van der Waals surface area contributed by atoms with Gasteiger partial charge in [-0.05, 0) is 19.3 Å². The van der Waals surface area contributed by atoms with Gasteiger partial charge >= 0.3 is 5.69 Å². The molecule has 0 amide bonds. The summed E-state index contributed by atoms with van der Waals surface area (Å²) < 4.78 is 4.46. The van der Waals surface area contributed by atoms with Crippen LogP contribution in [0.5, 0.6) is 0 Å². The third kappa shape index (κ3) is 3.81. The number of allylic oxidation sites excluding steroid dienone is 1. The van der Waals surface area contributed by atoms with Crippen LogP contribution < -0.4 is 11.2 Å². The van der Waals surface area contributed by atoms with Crippen LogP contribution in [0.25, 0.3) is 11.2 Å². The Balaban J connectivity index is 1.98. The van der Waals surface area contributed by atoms with Gasteiger partial charge in [-0.1, -0.05) is 31.8 Å². The highest BCUT2D eigenvalue weighted by Crippen LogP contribution is 2.08. The normalized spacial score (nSPS) is 11.2. The molecule has 2 aromatic heterocycles. The highest BCUT2D eigenvalue weighted by molar-refractivity contribution is 5.69. The second-order valence-corrected chi connectivity index (χ2v) is 6.02. The van der Waals surface area contributed by atoms with Crippen molar-refractivity contribution in [1.82, 2.24) is 18.7 Å². The summed E-state index contributed by atoms with van der Waals surface area (Å²) >= 11 is 0. The van der Waals surface area contributed by atoms with Crippen molar-refractivity contribution in [3.63, 3.8) is 0 Å². The fourth-order valence-corrected chi connectivity index (χ4v) is 2.86. The molecule has 0 atom stereocenters.